The normalized spacial score (nSPS) is 9.92. The number of benzene rings is 1. The summed E-state index contributed by atoms with van der Waals surface area (Å²) in [5.41, 5.74) is 0.770. The molecule has 1 aromatic rings. The molecule has 0 amide bonds. The highest BCUT2D eigenvalue weighted by Crippen LogP contribution is 2.17. The molecule has 0 saturated carbocycles. The summed E-state index contributed by atoms with van der Waals surface area (Å²) < 4.78 is 22.4. The molecular weight excluding hydrogens is 159 g/mol. The molecular formula is C9H11FO2. The summed E-state index contributed by atoms with van der Waals surface area (Å²) in [6, 6.07) is 4.37. The van der Waals surface area contributed by atoms with Crippen LogP contribution in [-0.2, 0) is 4.74 Å². The van der Waals surface area contributed by atoms with E-state index in [-0.39, 0.29) is 12.6 Å². The highest BCUT2D eigenvalue weighted by molar-refractivity contribution is 5.32. The van der Waals surface area contributed by atoms with E-state index < -0.39 is 0 Å². The Balaban J connectivity index is 2.72. The van der Waals surface area contributed by atoms with Gasteiger partial charge in [-0.1, -0.05) is 0 Å². The first-order chi connectivity index (χ1) is 5.74. The Morgan fingerprint density at radius 3 is 2.75 bits per heavy atom. The van der Waals surface area contributed by atoms with Crippen molar-refractivity contribution < 1.29 is 13.9 Å². The second-order valence-electron chi connectivity index (χ2n) is 2.46. The van der Waals surface area contributed by atoms with Gasteiger partial charge in [0.25, 0.3) is 0 Å². The van der Waals surface area contributed by atoms with E-state index in [2.05, 4.69) is 0 Å². The molecule has 0 fully saturated rings. The van der Waals surface area contributed by atoms with E-state index in [4.69, 9.17) is 9.47 Å². The number of halogens is 1. The topological polar surface area (TPSA) is 18.5 Å². The minimum Gasteiger partial charge on any atom is -0.467 e. The highest BCUT2D eigenvalue weighted by atomic mass is 19.1. The van der Waals surface area contributed by atoms with Crippen molar-refractivity contribution in [1.29, 1.82) is 0 Å². The molecule has 0 aliphatic rings. The van der Waals surface area contributed by atoms with Crippen LogP contribution in [0, 0.1) is 12.7 Å². The molecule has 12 heavy (non-hydrogen) atoms. The molecule has 3 heteroatoms. The van der Waals surface area contributed by atoms with Crippen molar-refractivity contribution in [2.24, 2.45) is 0 Å². The Kier molecular flexibility index (Phi) is 3.05. The minimum absolute atomic E-state index is 0.187. The predicted molar refractivity (Wildman–Crippen MR) is 43.6 cm³/mol. The Morgan fingerprint density at radius 2 is 2.17 bits per heavy atom. The summed E-state index contributed by atoms with van der Waals surface area (Å²) in [7, 11) is 1.54. The lowest BCUT2D eigenvalue weighted by Gasteiger charge is -2.06. The SMILES string of the molecule is COCOc1ccc(F)cc1C. The van der Waals surface area contributed by atoms with Crippen LogP contribution in [0.15, 0.2) is 18.2 Å². The number of hydrogen-bond acceptors (Lipinski definition) is 2. The molecule has 0 unspecified atom stereocenters. The standard InChI is InChI=1S/C9H11FO2/c1-7-5-8(10)3-4-9(7)12-6-11-2/h3-5H,6H2,1-2H3. The van der Waals surface area contributed by atoms with Gasteiger partial charge in [0.15, 0.2) is 6.79 Å². The molecule has 1 aromatic carbocycles. The smallest absolute Gasteiger partial charge is 0.188 e. The Bertz CT molecular complexity index is 261. The number of ether oxygens (including phenoxy) is 2. The van der Waals surface area contributed by atoms with Crippen molar-refractivity contribution in [3.63, 3.8) is 0 Å². The number of methoxy groups -OCH3 is 1. The molecule has 0 bridgehead atoms. The van der Waals surface area contributed by atoms with E-state index in [1.807, 2.05) is 0 Å². The van der Waals surface area contributed by atoms with Gasteiger partial charge in [0.2, 0.25) is 0 Å². The van der Waals surface area contributed by atoms with Crippen LogP contribution < -0.4 is 4.74 Å². The molecule has 1 rings (SSSR count). The summed E-state index contributed by atoms with van der Waals surface area (Å²) in [6.45, 7) is 1.97. The summed E-state index contributed by atoms with van der Waals surface area (Å²) in [6.07, 6.45) is 0. The zero-order chi connectivity index (χ0) is 8.97. The monoisotopic (exact) mass is 170 g/mol. The molecule has 0 aromatic heterocycles. The molecule has 0 radical (unpaired) electrons. The number of rotatable bonds is 3. The van der Waals surface area contributed by atoms with E-state index in [0.717, 1.165) is 5.56 Å². The number of hydrogen-bond donors (Lipinski definition) is 0. The molecule has 0 atom stereocenters. The maximum Gasteiger partial charge on any atom is 0.188 e. The number of aryl methyl sites for hydroxylation is 1. The van der Waals surface area contributed by atoms with Gasteiger partial charge in [-0.2, -0.15) is 0 Å². The molecule has 0 N–H and O–H groups in total. The highest BCUT2D eigenvalue weighted by Gasteiger charge is 1.99. The van der Waals surface area contributed by atoms with Crippen molar-refractivity contribution in [3.05, 3.63) is 29.6 Å². The average Bonchev–Trinajstić information content (AvgIpc) is 2.03. The van der Waals surface area contributed by atoms with Gasteiger partial charge in [-0.05, 0) is 30.7 Å². The second kappa shape index (κ2) is 4.07. The zero-order valence-corrected chi connectivity index (χ0v) is 7.13. The first kappa shape index (κ1) is 9.00. The van der Waals surface area contributed by atoms with Gasteiger partial charge in [0.1, 0.15) is 11.6 Å². The predicted octanol–water partition coefficient (Wildman–Crippen LogP) is 2.12. The van der Waals surface area contributed by atoms with Gasteiger partial charge in [-0.3, -0.25) is 0 Å². The fourth-order valence-electron chi connectivity index (χ4n) is 0.897. The van der Waals surface area contributed by atoms with Crippen LogP contribution in [0.25, 0.3) is 0 Å². The third-order valence-corrected chi connectivity index (χ3v) is 1.47. The third-order valence-electron chi connectivity index (χ3n) is 1.47. The quantitative estimate of drug-likeness (QED) is 0.647. The average molecular weight is 170 g/mol. The van der Waals surface area contributed by atoms with Crippen LogP contribution in [0.5, 0.6) is 5.75 Å². The summed E-state index contributed by atoms with van der Waals surface area (Å²) in [5, 5.41) is 0. The van der Waals surface area contributed by atoms with Gasteiger partial charge in [0.05, 0.1) is 0 Å². The minimum atomic E-state index is -0.253. The van der Waals surface area contributed by atoms with Crippen molar-refractivity contribution in [1.82, 2.24) is 0 Å². The molecule has 0 heterocycles. The second-order valence-corrected chi connectivity index (χ2v) is 2.46. The lowest BCUT2D eigenvalue weighted by atomic mass is 10.2. The van der Waals surface area contributed by atoms with Crippen LogP contribution in [0.2, 0.25) is 0 Å². The van der Waals surface area contributed by atoms with Crippen LogP contribution >= 0.6 is 0 Å². The summed E-state index contributed by atoms with van der Waals surface area (Å²) >= 11 is 0. The van der Waals surface area contributed by atoms with Gasteiger partial charge in [-0.25, -0.2) is 4.39 Å². The van der Waals surface area contributed by atoms with Crippen LogP contribution in [0.3, 0.4) is 0 Å². The van der Waals surface area contributed by atoms with E-state index in [9.17, 15) is 4.39 Å². The lowest BCUT2D eigenvalue weighted by molar-refractivity contribution is 0.0506. The molecule has 2 nitrogen and oxygen atoms in total. The van der Waals surface area contributed by atoms with E-state index in [1.54, 1.807) is 20.1 Å². The largest absolute Gasteiger partial charge is 0.467 e. The third kappa shape index (κ3) is 2.20. The first-order valence-electron chi connectivity index (χ1n) is 3.62. The summed E-state index contributed by atoms with van der Waals surface area (Å²) in [4.78, 5) is 0. The van der Waals surface area contributed by atoms with Crippen molar-refractivity contribution in [3.8, 4) is 5.75 Å². The first-order valence-corrected chi connectivity index (χ1v) is 3.62. The Hall–Kier alpha value is -1.09. The fourth-order valence-corrected chi connectivity index (χ4v) is 0.897. The molecule has 0 aliphatic heterocycles. The van der Waals surface area contributed by atoms with Gasteiger partial charge in [-0.15, -0.1) is 0 Å². The molecule has 0 spiro atoms. The van der Waals surface area contributed by atoms with Crippen molar-refractivity contribution in [2.45, 2.75) is 6.92 Å². The summed E-state index contributed by atoms with van der Waals surface area (Å²) in [5.74, 6) is 0.399. The van der Waals surface area contributed by atoms with E-state index in [0.29, 0.717) is 5.75 Å². The van der Waals surface area contributed by atoms with Gasteiger partial charge in [0, 0.05) is 7.11 Å². The maximum atomic E-state index is 12.6. The fraction of sp³-hybridized carbons (Fsp3) is 0.333. The van der Waals surface area contributed by atoms with Gasteiger partial charge >= 0.3 is 0 Å². The van der Waals surface area contributed by atoms with E-state index >= 15 is 0 Å². The Morgan fingerprint density at radius 1 is 1.42 bits per heavy atom. The molecule has 0 aliphatic carbocycles. The van der Waals surface area contributed by atoms with Crippen molar-refractivity contribution >= 4 is 0 Å². The van der Waals surface area contributed by atoms with Crippen molar-refractivity contribution in [2.75, 3.05) is 13.9 Å². The van der Waals surface area contributed by atoms with Crippen LogP contribution in [0.4, 0.5) is 4.39 Å². The van der Waals surface area contributed by atoms with E-state index in [1.165, 1.54) is 12.1 Å². The lowest BCUT2D eigenvalue weighted by Crippen LogP contribution is -2.00. The van der Waals surface area contributed by atoms with Crippen LogP contribution in [-0.4, -0.2) is 13.9 Å². The molecule has 66 valence electrons. The Labute approximate surface area is 70.9 Å². The zero-order valence-electron chi connectivity index (χ0n) is 7.13. The van der Waals surface area contributed by atoms with Gasteiger partial charge < -0.3 is 9.47 Å². The maximum absolute atomic E-state index is 12.6. The van der Waals surface area contributed by atoms with Crippen LogP contribution in [0.1, 0.15) is 5.56 Å². The molecule has 0 saturated heterocycles.